The molecule has 0 aliphatic heterocycles. The fourth-order valence-corrected chi connectivity index (χ4v) is 2.78. The van der Waals surface area contributed by atoms with Crippen LogP contribution in [0.2, 0.25) is 0 Å². The molecule has 0 fully saturated rings. The molecule has 19 heavy (non-hydrogen) atoms. The van der Waals surface area contributed by atoms with Crippen LogP contribution in [0.15, 0.2) is 11.4 Å². The van der Waals surface area contributed by atoms with E-state index >= 15 is 0 Å². The van der Waals surface area contributed by atoms with Crippen LogP contribution in [0.5, 0.6) is 0 Å². The molecule has 6 heteroatoms. The number of methoxy groups -OCH3 is 1. The summed E-state index contributed by atoms with van der Waals surface area (Å²) >= 11 is 1.62. The summed E-state index contributed by atoms with van der Waals surface area (Å²) in [4.78, 5) is 9.95. The van der Waals surface area contributed by atoms with Crippen LogP contribution in [0, 0.1) is 0 Å². The highest BCUT2D eigenvalue weighted by Crippen LogP contribution is 2.27. The molecule has 0 bridgehead atoms. The first kappa shape index (κ1) is 14.0. The summed E-state index contributed by atoms with van der Waals surface area (Å²) in [5.74, 6) is 1.52. The van der Waals surface area contributed by atoms with Gasteiger partial charge in [0.15, 0.2) is 0 Å². The Kier molecular flexibility index (Phi) is 4.93. The minimum absolute atomic E-state index is 0.276. The molecule has 0 aliphatic rings. The second-order valence-electron chi connectivity index (χ2n) is 4.37. The molecule has 0 saturated heterocycles. The van der Waals surface area contributed by atoms with Gasteiger partial charge in [-0.05, 0) is 17.9 Å². The van der Waals surface area contributed by atoms with Crippen LogP contribution < -0.4 is 10.6 Å². The van der Waals surface area contributed by atoms with Gasteiger partial charge in [-0.25, -0.2) is 4.98 Å². The molecule has 2 rings (SSSR count). The Bertz CT molecular complexity index is 522. The van der Waals surface area contributed by atoms with Gasteiger partial charge in [0, 0.05) is 14.2 Å². The Balaban J connectivity index is 2.28. The third kappa shape index (κ3) is 3.33. The molecule has 0 amide bonds. The zero-order chi connectivity index (χ0) is 13.7. The van der Waals surface area contributed by atoms with Crippen molar-refractivity contribution in [3.63, 3.8) is 0 Å². The lowest BCUT2D eigenvalue weighted by atomic mass is 10.2. The summed E-state index contributed by atoms with van der Waals surface area (Å²) in [5.41, 5.74) is 0. The number of nitrogens with one attached hydrogen (secondary N) is 2. The quantitative estimate of drug-likeness (QED) is 0.816. The normalized spacial score (nSPS) is 12.6. The van der Waals surface area contributed by atoms with Crippen molar-refractivity contribution < 1.29 is 4.74 Å². The summed E-state index contributed by atoms with van der Waals surface area (Å²) in [5, 5.41) is 9.58. The van der Waals surface area contributed by atoms with Crippen LogP contribution in [0.25, 0.3) is 10.2 Å². The lowest BCUT2D eigenvalue weighted by Crippen LogP contribution is -2.25. The zero-order valence-corrected chi connectivity index (χ0v) is 12.4. The maximum Gasteiger partial charge on any atom is 0.225 e. The number of thiophene rings is 1. The predicted octanol–water partition coefficient (Wildman–Crippen LogP) is 2.96. The standard InChI is InChI=1S/C13H20N4OS/c1-4-5-9(8-18-3)15-11-10-6-7-19-12(10)17-13(14-2)16-11/h6-7,9H,4-5,8H2,1-3H3,(H2,14,15,16,17). The highest BCUT2D eigenvalue weighted by Gasteiger charge is 2.13. The topological polar surface area (TPSA) is 59.1 Å². The van der Waals surface area contributed by atoms with E-state index in [1.54, 1.807) is 18.4 Å². The molecule has 5 nitrogen and oxygen atoms in total. The van der Waals surface area contributed by atoms with Gasteiger partial charge in [-0.2, -0.15) is 4.98 Å². The van der Waals surface area contributed by atoms with Gasteiger partial charge in [0.1, 0.15) is 10.6 Å². The summed E-state index contributed by atoms with van der Waals surface area (Å²) in [6.45, 7) is 2.85. The first-order valence-corrected chi connectivity index (χ1v) is 7.35. The zero-order valence-electron chi connectivity index (χ0n) is 11.6. The first-order valence-electron chi connectivity index (χ1n) is 6.47. The maximum atomic E-state index is 5.26. The van der Waals surface area contributed by atoms with Crippen molar-refractivity contribution in [2.24, 2.45) is 0 Å². The van der Waals surface area contributed by atoms with Crippen molar-refractivity contribution in [2.45, 2.75) is 25.8 Å². The number of anilines is 2. The van der Waals surface area contributed by atoms with E-state index in [0.717, 1.165) is 28.9 Å². The Morgan fingerprint density at radius 2 is 2.26 bits per heavy atom. The SMILES string of the molecule is CCCC(COC)Nc1nc(NC)nc2sccc12. The highest BCUT2D eigenvalue weighted by molar-refractivity contribution is 7.16. The number of fused-ring (bicyclic) bond motifs is 1. The van der Waals surface area contributed by atoms with Crippen molar-refractivity contribution in [1.82, 2.24) is 9.97 Å². The van der Waals surface area contributed by atoms with Crippen molar-refractivity contribution in [3.8, 4) is 0 Å². The van der Waals surface area contributed by atoms with Crippen LogP contribution in [0.4, 0.5) is 11.8 Å². The molecule has 0 radical (unpaired) electrons. The van der Waals surface area contributed by atoms with E-state index in [0.29, 0.717) is 12.6 Å². The van der Waals surface area contributed by atoms with Crippen molar-refractivity contribution in [1.29, 1.82) is 0 Å². The molecule has 104 valence electrons. The van der Waals surface area contributed by atoms with Crippen LogP contribution >= 0.6 is 11.3 Å². The van der Waals surface area contributed by atoms with E-state index in [1.165, 1.54) is 0 Å². The van der Waals surface area contributed by atoms with Crippen LogP contribution in [-0.4, -0.2) is 36.8 Å². The van der Waals surface area contributed by atoms with E-state index < -0.39 is 0 Å². The Hall–Kier alpha value is -1.40. The minimum Gasteiger partial charge on any atom is -0.383 e. The third-order valence-corrected chi connectivity index (χ3v) is 3.70. The molecule has 2 aromatic rings. The number of hydrogen-bond donors (Lipinski definition) is 2. The molecular weight excluding hydrogens is 260 g/mol. The van der Waals surface area contributed by atoms with Crippen molar-refractivity contribution in [2.75, 3.05) is 31.4 Å². The van der Waals surface area contributed by atoms with E-state index in [9.17, 15) is 0 Å². The van der Waals surface area contributed by atoms with Gasteiger partial charge in [-0.3, -0.25) is 0 Å². The predicted molar refractivity (Wildman–Crippen MR) is 81.2 cm³/mol. The lowest BCUT2D eigenvalue weighted by molar-refractivity contribution is 0.182. The molecule has 1 unspecified atom stereocenters. The molecule has 2 aromatic heterocycles. The van der Waals surface area contributed by atoms with E-state index in [2.05, 4.69) is 33.6 Å². The number of aromatic nitrogens is 2. The van der Waals surface area contributed by atoms with E-state index in [1.807, 2.05) is 12.4 Å². The number of nitrogens with zero attached hydrogens (tertiary/aromatic N) is 2. The fraction of sp³-hybridized carbons (Fsp3) is 0.538. The molecule has 2 heterocycles. The smallest absolute Gasteiger partial charge is 0.225 e. The largest absolute Gasteiger partial charge is 0.383 e. The Morgan fingerprint density at radius 1 is 1.42 bits per heavy atom. The molecule has 0 aromatic carbocycles. The van der Waals surface area contributed by atoms with Gasteiger partial charge < -0.3 is 15.4 Å². The van der Waals surface area contributed by atoms with Gasteiger partial charge in [-0.15, -0.1) is 11.3 Å². The van der Waals surface area contributed by atoms with Crippen molar-refractivity contribution in [3.05, 3.63) is 11.4 Å². The van der Waals surface area contributed by atoms with Gasteiger partial charge in [0.25, 0.3) is 0 Å². The monoisotopic (exact) mass is 280 g/mol. The van der Waals surface area contributed by atoms with Crippen LogP contribution in [0.3, 0.4) is 0 Å². The fourth-order valence-electron chi connectivity index (χ4n) is 2.02. The third-order valence-electron chi connectivity index (χ3n) is 2.89. The molecule has 0 spiro atoms. The molecule has 0 aliphatic carbocycles. The summed E-state index contributed by atoms with van der Waals surface area (Å²) in [6.07, 6.45) is 2.16. The molecule has 2 N–H and O–H groups in total. The lowest BCUT2D eigenvalue weighted by Gasteiger charge is -2.18. The highest BCUT2D eigenvalue weighted by atomic mass is 32.1. The second kappa shape index (κ2) is 6.68. The minimum atomic E-state index is 0.276. The second-order valence-corrected chi connectivity index (χ2v) is 5.27. The van der Waals surface area contributed by atoms with Crippen molar-refractivity contribution >= 4 is 33.3 Å². The average Bonchev–Trinajstić information content (AvgIpc) is 2.87. The van der Waals surface area contributed by atoms with Gasteiger partial charge in [0.2, 0.25) is 5.95 Å². The van der Waals surface area contributed by atoms with Crippen LogP contribution in [-0.2, 0) is 4.74 Å². The van der Waals surface area contributed by atoms with Gasteiger partial charge in [-0.1, -0.05) is 13.3 Å². The average molecular weight is 280 g/mol. The molecular formula is C13H20N4OS. The summed E-state index contributed by atoms with van der Waals surface area (Å²) in [7, 11) is 3.56. The number of ether oxygens (including phenoxy) is 1. The maximum absolute atomic E-state index is 5.26. The van der Waals surface area contributed by atoms with E-state index in [-0.39, 0.29) is 6.04 Å². The number of rotatable bonds is 7. The molecule has 1 atom stereocenters. The van der Waals surface area contributed by atoms with Crippen LogP contribution in [0.1, 0.15) is 19.8 Å². The van der Waals surface area contributed by atoms with Gasteiger partial charge in [0.05, 0.1) is 18.0 Å². The van der Waals surface area contributed by atoms with E-state index in [4.69, 9.17) is 4.74 Å². The molecule has 0 saturated carbocycles. The number of hydrogen-bond acceptors (Lipinski definition) is 6. The Morgan fingerprint density at radius 3 is 2.95 bits per heavy atom. The summed E-state index contributed by atoms with van der Waals surface area (Å²) in [6, 6.07) is 2.33. The Labute approximate surface area is 117 Å². The summed E-state index contributed by atoms with van der Waals surface area (Å²) < 4.78 is 5.26. The first-order chi connectivity index (χ1) is 9.28. The van der Waals surface area contributed by atoms with Gasteiger partial charge >= 0.3 is 0 Å².